The molecule has 0 bridgehead atoms. The second-order valence-corrected chi connectivity index (χ2v) is 4.77. The summed E-state index contributed by atoms with van der Waals surface area (Å²) in [6, 6.07) is 15.1. The van der Waals surface area contributed by atoms with Crippen molar-refractivity contribution in [1.29, 1.82) is 0 Å². The Kier molecular flexibility index (Phi) is 2.71. The summed E-state index contributed by atoms with van der Waals surface area (Å²) in [4.78, 5) is 12.2. The first kappa shape index (κ1) is 11.7. The lowest BCUT2D eigenvalue weighted by atomic mass is 10.1. The molecular weight excluding hydrogens is 236 g/mol. The van der Waals surface area contributed by atoms with Gasteiger partial charge in [0.25, 0.3) is 0 Å². The molecule has 0 atom stereocenters. The van der Waals surface area contributed by atoms with E-state index < -0.39 is 0 Å². The molecule has 0 saturated heterocycles. The van der Waals surface area contributed by atoms with Crippen molar-refractivity contribution >= 4 is 11.0 Å². The Morgan fingerprint density at radius 1 is 0.895 bits per heavy atom. The lowest BCUT2D eigenvalue weighted by molar-refractivity contribution is 0.618. The molecule has 0 aliphatic carbocycles. The van der Waals surface area contributed by atoms with E-state index in [0.29, 0.717) is 16.7 Å². The van der Waals surface area contributed by atoms with Gasteiger partial charge in [0.2, 0.25) is 0 Å². The van der Waals surface area contributed by atoms with E-state index in [1.807, 2.05) is 56.3 Å². The van der Waals surface area contributed by atoms with Crippen LogP contribution in [-0.4, -0.2) is 0 Å². The van der Waals surface area contributed by atoms with Crippen molar-refractivity contribution in [2.75, 3.05) is 0 Å². The van der Waals surface area contributed by atoms with Gasteiger partial charge in [0.15, 0.2) is 5.43 Å². The lowest BCUT2D eigenvalue weighted by Crippen LogP contribution is -2.01. The quantitative estimate of drug-likeness (QED) is 0.651. The Balaban J connectivity index is 2.31. The number of benzene rings is 2. The molecule has 3 rings (SSSR count). The predicted octanol–water partition coefficient (Wildman–Crippen LogP) is 4.08. The van der Waals surface area contributed by atoms with Crippen LogP contribution in [0, 0.1) is 13.8 Å². The van der Waals surface area contributed by atoms with Crippen LogP contribution in [0.3, 0.4) is 0 Å². The molecule has 1 aromatic heterocycles. The molecule has 0 N–H and O–H groups in total. The molecule has 0 saturated carbocycles. The van der Waals surface area contributed by atoms with Gasteiger partial charge in [-0.1, -0.05) is 30.3 Å². The summed E-state index contributed by atoms with van der Waals surface area (Å²) < 4.78 is 5.86. The normalized spacial score (nSPS) is 10.8. The molecule has 3 aromatic rings. The second kappa shape index (κ2) is 4.39. The fourth-order valence-electron chi connectivity index (χ4n) is 2.16. The van der Waals surface area contributed by atoms with Gasteiger partial charge in [0, 0.05) is 11.6 Å². The molecule has 0 radical (unpaired) electrons. The molecule has 0 aliphatic heterocycles. The van der Waals surface area contributed by atoms with Crippen molar-refractivity contribution in [1.82, 2.24) is 0 Å². The molecule has 94 valence electrons. The topological polar surface area (TPSA) is 30.2 Å². The molecular formula is C17H14O2. The standard InChI is InChI=1S/C17H14O2/c1-11-8-14-15(18)10-16(13-6-4-3-5-7-13)19-17(14)9-12(11)2/h3-10H,1-2H3. The number of fused-ring (bicyclic) bond motifs is 1. The van der Waals surface area contributed by atoms with E-state index in [1.54, 1.807) is 6.07 Å². The maximum absolute atomic E-state index is 12.2. The summed E-state index contributed by atoms with van der Waals surface area (Å²) in [7, 11) is 0. The summed E-state index contributed by atoms with van der Waals surface area (Å²) in [5.41, 5.74) is 3.80. The summed E-state index contributed by atoms with van der Waals surface area (Å²) in [5.74, 6) is 0.612. The van der Waals surface area contributed by atoms with E-state index in [9.17, 15) is 4.79 Å². The molecule has 0 aliphatic rings. The van der Waals surface area contributed by atoms with E-state index in [4.69, 9.17) is 4.42 Å². The number of rotatable bonds is 1. The van der Waals surface area contributed by atoms with Crippen LogP contribution in [0.4, 0.5) is 0 Å². The highest BCUT2D eigenvalue weighted by molar-refractivity contribution is 5.80. The maximum Gasteiger partial charge on any atom is 0.193 e. The fraction of sp³-hybridized carbons (Fsp3) is 0.118. The molecule has 1 heterocycles. The van der Waals surface area contributed by atoms with E-state index in [2.05, 4.69) is 0 Å². The fourth-order valence-corrected chi connectivity index (χ4v) is 2.16. The van der Waals surface area contributed by atoms with Crippen LogP contribution in [0.15, 0.2) is 57.7 Å². The van der Waals surface area contributed by atoms with Crippen LogP contribution in [0.25, 0.3) is 22.3 Å². The smallest absolute Gasteiger partial charge is 0.193 e. The summed E-state index contributed by atoms with van der Waals surface area (Å²) in [5, 5.41) is 0.641. The van der Waals surface area contributed by atoms with Gasteiger partial charge in [-0.15, -0.1) is 0 Å². The van der Waals surface area contributed by atoms with Crippen molar-refractivity contribution in [2.45, 2.75) is 13.8 Å². The summed E-state index contributed by atoms with van der Waals surface area (Å²) in [6.07, 6.45) is 0. The van der Waals surface area contributed by atoms with Crippen molar-refractivity contribution in [3.63, 3.8) is 0 Å². The zero-order chi connectivity index (χ0) is 13.4. The summed E-state index contributed by atoms with van der Waals surface area (Å²) >= 11 is 0. The third-order valence-electron chi connectivity index (χ3n) is 3.40. The first-order valence-electron chi connectivity index (χ1n) is 6.26. The van der Waals surface area contributed by atoms with E-state index in [-0.39, 0.29) is 5.43 Å². The minimum Gasteiger partial charge on any atom is -0.456 e. The van der Waals surface area contributed by atoms with Gasteiger partial charge in [-0.3, -0.25) is 4.79 Å². The van der Waals surface area contributed by atoms with Crippen molar-refractivity contribution < 1.29 is 4.42 Å². The third kappa shape index (κ3) is 2.06. The van der Waals surface area contributed by atoms with Crippen molar-refractivity contribution in [3.8, 4) is 11.3 Å². The lowest BCUT2D eigenvalue weighted by Gasteiger charge is -2.05. The van der Waals surface area contributed by atoms with Crippen molar-refractivity contribution in [2.24, 2.45) is 0 Å². The average Bonchev–Trinajstić information content (AvgIpc) is 2.42. The molecule has 0 amide bonds. The van der Waals surface area contributed by atoms with Gasteiger partial charge in [0.1, 0.15) is 11.3 Å². The maximum atomic E-state index is 12.2. The number of hydrogen-bond acceptors (Lipinski definition) is 2. The largest absolute Gasteiger partial charge is 0.456 e. The van der Waals surface area contributed by atoms with E-state index in [1.165, 1.54) is 0 Å². The highest BCUT2D eigenvalue weighted by Gasteiger charge is 2.08. The molecule has 2 heteroatoms. The first-order chi connectivity index (χ1) is 9.15. The molecule has 2 aromatic carbocycles. The van der Waals surface area contributed by atoms with Crippen molar-refractivity contribution in [3.05, 3.63) is 69.9 Å². The molecule has 19 heavy (non-hydrogen) atoms. The third-order valence-corrected chi connectivity index (χ3v) is 3.40. The molecule has 2 nitrogen and oxygen atoms in total. The minimum atomic E-state index is 0.00297. The highest BCUT2D eigenvalue weighted by atomic mass is 16.3. The van der Waals surface area contributed by atoms with E-state index >= 15 is 0 Å². The van der Waals surface area contributed by atoms with Gasteiger partial charge >= 0.3 is 0 Å². The van der Waals surface area contributed by atoms with Crippen LogP contribution in [0.1, 0.15) is 11.1 Å². The number of hydrogen-bond donors (Lipinski definition) is 0. The molecule has 0 unspecified atom stereocenters. The Morgan fingerprint density at radius 3 is 2.32 bits per heavy atom. The van der Waals surface area contributed by atoms with Crippen LogP contribution in [-0.2, 0) is 0 Å². The van der Waals surface area contributed by atoms with Crippen LogP contribution in [0.2, 0.25) is 0 Å². The molecule has 0 fully saturated rings. The second-order valence-electron chi connectivity index (χ2n) is 4.77. The SMILES string of the molecule is Cc1cc2oc(-c3ccccc3)cc(=O)c2cc1C. The Hall–Kier alpha value is -2.35. The van der Waals surface area contributed by atoms with Crippen LogP contribution < -0.4 is 5.43 Å². The van der Waals surface area contributed by atoms with Crippen LogP contribution in [0.5, 0.6) is 0 Å². The highest BCUT2D eigenvalue weighted by Crippen LogP contribution is 2.23. The zero-order valence-electron chi connectivity index (χ0n) is 10.9. The predicted molar refractivity (Wildman–Crippen MR) is 77.4 cm³/mol. The van der Waals surface area contributed by atoms with E-state index in [0.717, 1.165) is 16.7 Å². The average molecular weight is 250 g/mol. The first-order valence-corrected chi connectivity index (χ1v) is 6.26. The van der Waals surface area contributed by atoms with Gasteiger partial charge < -0.3 is 4.42 Å². The minimum absolute atomic E-state index is 0.00297. The van der Waals surface area contributed by atoms with Crippen LogP contribution >= 0.6 is 0 Å². The molecule has 0 spiro atoms. The Morgan fingerprint density at radius 2 is 1.58 bits per heavy atom. The number of aryl methyl sites for hydroxylation is 2. The summed E-state index contributed by atoms with van der Waals surface area (Å²) in [6.45, 7) is 4.02. The van der Waals surface area contributed by atoms with Gasteiger partial charge in [-0.2, -0.15) is 0 Å². The zero-order valence-corrected chi connectivity index (χ0v) is 10.9. The Bertz CT molecular complexity index is 799. The van der Waals surface area contributed by atoms with Gasteiger partial charge in [-0.25, -0.2) is 0 Å². The van der Waals surface area contributed by atoms with Gasteiger partial charge in [-0.05, 0) is 37.1 Å². The van der Waals surface area contributed by atoms with Gasteiger partial charge in [0.05, 0.1) is 5.39 Å². The Labute approximate surface area is 111 Å². The monoisotopic (exact) mass is 250 g/mol.